The van der Waals surface area contributed by atoms with E-state index in [4.69, 9.17) is 4.74 Å². The monoisotopic (exact) mass is 449 g/mol. The minimum Gasteiger partial charge on any atom is -0.494 e. The Kier molecular flexibility index (Phi) is 7.86. The molecule has 0 bridgehead atoms. The summed E-state index contributed by atoms with van der Waals surface area (Å²) < 4.78 is 7.55. The van der Waals surface area contributed by atoms with Gasteiger partial charge in [0.15, 0.2) is 0 Å². The lowest BCUT2D eigenvalue weighted by Gasteiger charge is -2.26. The number of benzene rings is 1. The maximum absolute atomic E-state index is 12.2. The summed E-state index contributed by atoms with van der Waals surface area (Å²) >= 11 is 0. The van der Waals surface area contributed by atoms with Crippen molar-refractivity contribution in [2.45, 2.75) is 32.2 Å². The molecule has 1 aliphatic rings. The summed E-state index contributed by atoms with van der Waals surface area (Å²) in [5.74, 6) is 1.44. The van der Waals surface area contributed by atoms with Crippen LogP contribution >= 0.6 is 0 Å². The highest BCUT2D eigenvalue weighted by atomic mass is 16.5. The normalized spacial score (nSPS) is 14.1. The molecule has 2 N–H and O–H groups in total. The number of anilines is 2. The first kappa shape index (κ1) is 22.7. The number of pyridine rings is 1. The number of rotatable bonds is 10. The van der Waals surface area contributed by atoms with Crippen LogP contribution in [-0.2, 0) is 13.6 Å². The van der Waals surface area contributed by atoms with Gasteiger partial charge in [0.1, 0.15) is 5.75 Å². The highest BCUT2D eigenvalue weighted by Crippen LogP contribution is 2.18. The zero-order chi connectivity index (χ0) is 22.9. The largest absolute Gasteiger partial charge is 0.494 e. The molecule has 9 nitrogen and oxygen atoms in total. The van der Waals surface area contributed by atoms with Gasteiger partial charge in [0.05, 0.1) is 12.2 Å². The van der Waals surface area contributed by atoms with Gasteiger partial charge < -0.3 is 10.1 Å². The standard InChI is InChI=1S/C24H31N7O2/c1-30-24(28-23(29-30)27-22(32)20-9-6-11-25-17-20)26-12-7-15-33-21-10-5-8-19(16-21)18-31-13-3-2-4-14-31/h5-6,8-11,16-17H,2-4,7,12-15,18H2,1H3,(H2,26,27,28,29,32). The zero-order valence-corrected chi connectivity index (χ0v) is 19.0. The van der Waals surface area contributed by atoms with Gasteiger partial charge in [-0.15, -0.1) is 5.10 Å². The summed E-state index contributed by atoms with van der Waals surface area (Å²) in [4.78, 5) is 23.0. The molecule has 174 valence electrons. The van der Waals surface area contributed by atoms with Crippen molar-refractivity contribution in [3.8, 4) is 5.75 Å². The van der Waals surface area contributed by atoms with Crippen molar-refractivity contribution in [1.82, 2.24) is 24.6 Å². The van der Waals surface area contributed by atoms with Crippen LogP contribution in [-0.4, -0.2) is 56.8 Å². The first-order valence-corrected chi connectivity index (χ1v) is 11.5. The molecular weight excluding hydrogens is 418 g/mol. The Balaban J connectivity index is 1.19. The number of carbonyl (C=O) groups is 1. The summed E-state index contributed by atoms with van der Waals surface area (Å²) in [7, 11) is 1.78. The number of carbonyl (C=O) groups excluding carboxylic acids is 1. The Hall–Kier alpha value is -3.46. The summed E-state index contributed by atoms with van der Waals surface area (Å²) in [5.41, 5.74) is 1.75. The third-order valence-electron chi connectivity index (χ3n) is 5.54. The zero-order valence-electron chi connectivity index (χ0n) is 19.0. The van der Waals surface area contributed by atoms with E-state index in [1.54, 1.807) is 30.1 Å². The van der Waals surface area contributed by atoms with Crippen LogP contribution in [0.5, 0.6) is 5.75 Å². The number of nitrogens with one attached hydrogen (secondary N) is 2. The van der Waals surface area contributed by atoms with Crippen LogP contribution in [0.3, 0.4) is 0 Å². The number of hydrogen-bond acceptors (Lipinski definition) is 7. The van der Waals surface area contributed by atoms with E-state index in [0.717, 1.165) is 18.7 Å². The molecule has 0 unspecified atom stereocenters. The van der Waals surface area contributed by atoms with Gasteiger partial charge in [-0.2, -0.15) is 4.98 Å². The maximum Gasteiger partial charge on any atom is 0.259 e. The van der Waals surface area contributed by atoms with Crippen molar-refractivity contribution in [3.63, 3.8) is 0 Å². The molecule has 1 saturated heterocycles. The van der Waals surface area contributed by atoms with Gasteiger partial charge in [0.2, 0.25) is 5.95 Å². The number of likely N-dealkylation sites (tertiary alicyclic amines) is 1. The number of nitrogens with zero attached hydrogens (tertiary/aromatic N) is 5. The summed E-state index contributed by atoms with van der Waals surface area (Å²) in [6.45, 7) is 4.64. The predicted molar refractivity (Wildman–Crippen MR) is 127 cm³/mol. The average molecular weight is 450 g/mol. The van der Waals surface area contributed by atoms with E-state index in [1.807, 2.05) is 6.07 Å². The summed E-state index contributed by atoms with van der Waals surface area (Å²) in [5, 5.41) is 10.2. The van der Waals surface area contributed by atoms with E-state index in [9.17, 15) is 4.79 Å². The Labute approximate surface area is 194 Å². The van der Waals surface area contributed by atoms with E-state index in [-0.39, 0.29) is 11.9 Å². The second-order valence-corrected chi connectivity index (χ2v) is 8.19. The highest BCUT2D eigenvalue weighted by Gasteiger charge is 2.12. The Morgan fingerprint density at radius 3 is 2.85 bits per heavy atom. The van der Waals surface area contributed by atoms with E-state index in [0.29, 0.717) is 24.7 Å². The Morgan fingerprint density at radius 1 is 1.15 bits per heavy atom. The van der Waals surface area contributed by atoms with Crippen LogP contribution < -0.4 is 15.4 Å². The number of ether oxygens (including phenoxy) is 1. The quantitative estimate of drug-likeness (QED) is 0.458. The number of hydrogen-bond donors (Lipinski definition) is 2. The molecule has 33 heavy (non-hydrogen) atoms. The molecule has 1 amide bonds. The SMILES string of the molecule is Cn1nc(NC(=O)c2cccnc2)nc1NCCCOc1cccc(CN2CCCCC2)c1. The molecule has 0 radical (unpaired) electrons. The van der Waals surface area contributed by atoms with Gasteiger partial charge in [-0.25, -0.2) is 4.68 Å². The molecule has 0 spiro atoms. The van der Waals surface area contributed by atoms with Crippen molar-refractivity contribution in [2.24, 2.45) is 7.05 Å². The van der Waals surface area contributed by atoms with Gasteiger partial charge in [0.25, 0.3) is 11.9 Å². The lowest BCUT2D eigenvalue weighted by Crippen LogP contribution is -2.29. The summed E-state index contributed by atoms with van der Waals surface area (Å²) in [6.07, 6.45) is 7.87. The van der Waals surface area contributed by atoms with Crippen LogP contribution in [0.1, 0.15) is 41.6 Å². The molecule has 0 saturated carbocycles. The fourth-order valence-electron chi connectivity index (χ4n) is 3.83. The van der Waals surface area contributed by atoms with E-state index >= 15 is 0 Å². The first-order valence-electron chi connectivity index (χ1n) is 11.5. The third kappa shape index (κ3) is 6.76. The molecule has 3 heterocycles. The minimum absolute atomic E-state index is 0.246. The Bertz CT molecular complexity index is 1030. The molecule has 3 aromatic rings. The molecule has 2 aromatic heterocycles. The van der Waals surface area contributed by atoms with Crippen molar-refractivity contribution >= 4 is 17.8 Å². The van der Waals surface area contributed by atoms with Crippen molar-refractivity contribution in [3.05, 3.63) is 59.9 Å². The first-order chi connectivity index (χ1) is 16.2. The van der Waals surface area contributed by atoms with E-state index in [2.05, 4.69) is 48.8 Å². The summed E-state index contributed by atoms with van der Waals surface area (Å²) in [6, 6.07) is 11.8. The van der Waals surface area contributed by atoms with Gasteiger partial charge in [0, 0.05) is 32.5 Å². The molecule has 0 atom stereocenters. The van der Waals surface area contributed by atoms with E-state index < -0.39 is 0 Å². The van der Waals surface area contributed by atoms with Crippen LogP contribution in [0.2, 0.25) is 0 Å². The molecule has 1 fully saturated rings. The predicted octanol–water partition coefficient (Wildman–Crippen LogP) is 3.33. The second kappa shape index (κ2) is 11.4. The van der Waals surface area contributed by atoms with Crippen LogP contribution in [0, 0.1) is 0 Å². The van der Waals surface area contributed by atoms with Crippen molar-refractivity contribution < 1.29 is 9.53 Å². The van der Waals surface area contributed by atoms with Crippen molar-refractivity contribution in [1.29, 1.82) is 0 Å². The number of amides is 1. The molecule has 1 aromatic carbocycles. The third-order valence-corrected chi connectivity index (χ3v) is 5.54. The van der Waals surface area contributed by atoms with Crippen LogP contribution in [0.15, 0.2) is 48.8 Å². The fourth-order valence-corrected chi connectivity index (χ4v) is 3.83. The van der Waals surface area contributed by atoms with Gasteiger partial charge in [-0.3, -0.25) is 20.0 Å². The van der Waals surface area contributed by atoms with E-state index in [1.165, 1.54) is 44.1 Å². The van der Waals surface area contributed by atoms with Crippen molar-refractivity contribution in [2.75, 3.05) is 36.9 Å². The molecule has 9 heteroatoms. The topological polar surface area (TPSA) is 97.2 Å². The minimum atomic E-state index is -0.295. The van der Waals surface area contributed by atoms with Gasteiger partial charge >= 0.3 is 0 Å². The lowest BCUT2D eigenvalue weighted by atomic mass is 10.1. The highest BCUT2D eigenvalue weighted by molar-refractivity contribution is 6.03. The fraction of sp³-hybridized carbons (Fsp3) is 0.417. The lowest BCUT2D eigenvalue weighted by molar-refractivity contribution is 0.102. The molecule has 1 aliphatic heterocycles. The molecular formula is C24H31N7O2. The van der Waals surface area contributed by atoms with Gasteiger partial charge in [-0.1, -0.05) is 18.6 Å². The molecule has 4 rings (SSSR count). The maximum atomic E-state index is 12.2. The smallest absolute Gasteiger partial charge is 0.259 e. The number of piperidine rings is 1. The Morgan fingerprint density at radius 2 is 2.03 bits per heavy atom. The van der Waals surface area contributed by atoms with Gasteiger partial charge in [-0.05, 0) is 62.2 Å². The number of aryl methyl sites for hydroxylation is 1. The second-order valence-electron chi connectivity index (χ2n) is 8.19. The average Bonchev–Trinajstić information content (AvgIpc) is 3.19. The van der Waals surface area contributed by atoms with Crippen LogP contribution in [0.4, 0.5) is 11.9 Å². The van der Waals surface area contributed by atoms with Crippen LogP contribution in [0.25, 0.3) is 0 Å². The number of aromatic nitrogens is 4. The molecule has 0 aliphatic carbocycles.